The van der Waals surface area contributed by atoms with E-state index in [2.05, 4.69) is 10.2 Å². The molecule has 0 saturated carbocycles. The number of nitrogens with one attached hydrogen (secondary N) is 1. The van der Waals surface area contributed by atoms with Crippen molar-refractivity contribution < 1.29 is 14.4 Å². The molecule has 2 aromatic carbocycles. The minimum Gasteiger partial charge on any atom is -0.372 e. The normalized spacial score (nSPS) is 16.0. The van der Waals surface area contributed by atoms with Crippen LogP contribution in [0.5, 0.6) is 0 Å². The Bertz CT molecular complexity index is 962. The molecule has 0 aliphatic carbocycles. The first-order valence-electron chi connectivity index (χ1n) is 10.6. The fourth-order valence-electron chi connectivity index (χ4n) is 4.14. The zero-order valence-electron chi connectivity index (χ0n) is 17.3. The number of rotatable bonds is 6. The zero-order chi connectivity index (χ0) is 21.1. The van der Waals surface area contributed by atoms with Gasteiger partial charge in [0.1, 0.15) is 0 Å². The highest BCUT2D eigenvalue weighted by molar-refractivity contribution is 6.21. The quantitative estimate of drug-likeness (QED) is 0.738. The lowest BCUT2D eigenvalue weighted by molar-refractivity contribution is -0.116. The predicted molar refractivity (Wildman–Crippen MR) is 117 cm³/mol. The van der Waals surface area contributed by atoms with E-state index in [1.54, 1.807) is 12.1 Å². The molecule has 0 atom stereocenters. The van der Waals surface area contributed by atoms with Gasteiger partial charge in [-0.1, -0.05) is 11.6 Å². The van der Waals surface area contributed by atoms with E-state index in [0.717, 1.165) is 24.3 Å². The van der Waals surface area contributed by atoms with E-state index in [4.69, 9.17) is 0 Å². The number of nitrogens with zero attached hydrogens (tertiary/aromatic N) is 2. The minimum atomic E-state index is -0.274. The Balaban J connectivity index is 1.26. The maximum Gasteiger partial charge on any atom is 0.261 e. The summed E-state index contributed by atoms with van der Waals surface area (Å²) in [7, 11) is 0. The van der Waals surface area contributed by atoms with Crippen LogP contribution in [0.2, 0.25) is 0 Å². The van der Waals surface area contributed by atoms with Crippen molar-refractivity contribution in [3.05, 3.63) is 59.2 Å². The number of carbonyl (C=O) groups excluding carboxylic acids is 3. The second-order valence-corrected chi connectivity index (χ2v) is 8.06. The van der Waals surface area contributed by atoms with Crippen LogP contribution in [0, 0.1) is 6.92 Å². The molecule has 1 N–H and O–H groups in total. The summed E-state index contributed by atoms with van der Waals surface area (Å²) >= 11 is 0. The molecular weight excluding hydrogens is 378 g/mol. The van der Waals surface area contributed by atoms with Crippen LogP contribution in [0.3, 0.4) is 0 Å². The second-order valence-electron chi connectivity index (χ2n) is 8.06. The molecule has 3 amide bonds. The van der Waals surface area contributed by atoms with Gasteiger partial charge in [0, 0.05) is 37.4 Å². The van der Waals surface area contributed by atoms with Crippen molar-refractivity contribution in [2.45, 2.75) is 39.0 Å². The summed E-state index contributed by atoms with van der Waals surface area (Å²) in [4.78, 5) is 40.8. The van der Waals surface area contributed by atoms with Crippen LogP contribution in [0.25, 0.3) is 0 Å². The molecule has 2 heterocycles. The van der Waals surface area contributed by atoms with Crippen molar-refractivity contribution in [3.8, 4) is 0 Å². The number of aryl methyl sites for hydroxylation is 1. The maximum atomic E-state index is 12.5. The van der Waals surface area contributed by atoms with Gasteiger partial charge in [0.15, 0.2) is 0 Å². The summed E-state index contributed by atoms with van der Waals surface area (Å²) in [5.74, 6) is -0.663. The molecule has 0 bridgehead atoms. The number of benzene rings is 2. The van der Waals surface area contributed by atoms with Gasteiger partial charge >= 0.3 is 0 Å². The Kier molecular flexibility index (Phi) is 5.84. The van der Waals surface area contributed by atoms with Crippen LogP contribution < -0.4 is 10.2 Å². The van der Waals surface area contributed by atoms with Crippen LogP contribution in [0.1, 0.15) is 58.4 Å². The maximum absolute atomic E-state index is 12.5. The van der Waals surface area contributed by atoms with E-state index < -0.39 is 0 Å². The Morgan fingerprint density at radius 1 is 0.933 bits per heavy atom. The lowest BCUT2D eigenvalue weighted by Gasteiger charge is -2.28. The molecule has 6 heteroatoms. The summed E-state index contributed by atoms with van der Waals surface area (Å²) < 4.78 is 0. The first-order valence-corrected chi connectivity index (χ1v) is 10.6. The van der Waals surface area contributed by atoms with Crippen LogP contribution in [0.15, 0.2) is 42.5 Å². The van der Waals surface area contributed by atoms with Gasteiger partial charge in [-0.25, -0.2) is 0 Å². The average molecular weight is 405 g/mol. The molecule has 1 fully saturated rings. The molecule has 30 heavy (non-hydrogen) atoms. The van der Waals surface area contributed by atoms with Gasteiger partial charge in [-0.05, 0) is 69.0 Å². The molecule has 0 spiro atoms. The number of anilines is 2. The van der Waals surface area contributed by atoms with Crippen LogP contribution in [-0.2, 0) is 4.79 Å². The number of hydrogen-bond donors (Lipinski definition) is 1. The van der Waals surface area contributed by atoms with E-state index in [1.807, 2.05) is 37.3 Å². The third kappa shape index (κ3) is 4.22. The van der Waals surface area contributed by atoms with Crippen LogP contribution in [-0.4, -0.2) is 42.3 Å². The summed E-state index contributed by atoms with van der Waals surface area (Å²) in [5.41, 5.74) is 3.80. The number of carbonyl (C=O) groups is 3. The summed E-state index contributed by atoms with van der Waals surface area (Å²) in [6.07, 6.45) is 4.43. The van der Waals surface area contributed by atoms with Crippen molar-refractivity contribution in [1.29, 1.82) is 0 Å². The van der Waals surface area contributed by atoms with Gasteiger partial charge in [0.2, 0.25) is 5.91 Å². The van der Waals surface area contributed by atoms with Gasteiger partial charge < -0.3 is 10.2 Å². The van der Waals surface area contributed by atoms with E-state index in [-0.39, 0.29) is 30.7 Å². The molecule has 2 aliphatic rings. The van der Waals surface area contributed by atoms with E-state index in [1.165, 1.54) is 29.8 Å². The highest BCUT2D eigenvalue weighted by Crippen LogP contribution is 2.25. The number of piperidine rings is 1. The van der Waals surface area contributed by atoms with Crippen molar-refractivity contribution in [1.82, 2.24) is 4.90 Å². The summed E-state index contributed by atoms with van der Waals surface area (Å²) in [6, 6.07) is 13.2. The molecule has 1 saturated heterocycles. The molecule has 4 rings (SSSR count). The Hall–Kier alpha value is -3.15. The molecule has 0 aromatic heterocycles. The van der Waals surface area contributed by atoms with Crippen LogP contribution >= 0.6 is 0 Å². The smallest absolute Gasteiger partial charge is 0.261 e. The molecular formula is C24H27N3O3. The average Bonchev–Trinajstić information content (AvgIpc) is 2.99. The topological polar surface area (TPSA) is 69.7 Å². The first-order chi connectivity index (χ1) is 14.5. The second kappa shape index (κ2) is 8.69. The Morgan fingerprint density at radius 3 is 2.37 bits per heavy atom. The highest BCUT2D eigenvalue weighted by Gasteiger charge is 2.34. The largest absolute Gasteiger partial charge is 0.372 e. The monoisotopic (exact) mass is 405 g/mol. The third-order valence-electron chi connectivity index (χ3n) is 5.78. The molecule has 156 valence electrons. The zero-order valence-corrected chi connectivity index (χ0v) is 17.3. The van der Waals surface area contributed by atoms with Gasteiger partial charge in [-0.2, -0.15) is 0 Å². The van der Waals surface area contributed by atoms with Crippen LogP contribution in [0.4, 0.5) is 11.4 Å². The van der Waals surface area contributed by atoms with Crippen molar-refractivity contribution >= 4 is 29.1 Å². The third-order valence-corrected chi connectivity index (χ3v) is 5.78. The Morgan fingerprint density at radius 2 is 1.63 bits per heavy atom. The minimum absolute atomic E-state index is 0.117. The lowest BCUT2D eigenvalue weighted by Crippen LogP contribution is -2.31. The number of fused-ring (bicyclic) bond motifs is 1. The first kappa shape index (κ1) is 20.1. The molecule has 0 radical (unpaired) electrons. The Labute approximate surface area is 176 Å². The summed E-state index contributed by atoms with van der Waals surface area (Å²) in [5, 5.41) is 2.90. The van der Waals surface area contributed by atoms with Crippen molar-refractivity contribution in [2.75, 3.05) is 29.9 Å². The molecule has 0 unspecified atom stereocenters. The SMILES string of the molecule is Cc1ccc2c(c1)C(=O)N(CCCC(=O)Nc1ccc(N3CCCCC3)cc1)C2=O. The van der Waals surface area contributed by atoms with Gasteiger partial charge in [-0.15, -0.1) is 0 Å². The fraction of sp³-hybridized carbons (Fsp3) is 0.375. The van der Waals surface area contributed by atoms with Gasteiger partial charge in [0.05, 0.1) is 11.1 Å². The lowest BCUT2D eigenvalue weighted by atomic mass is 10.1. The van der Waals surface area contributed by atoms with Gasteiger partial charge in [-0.3, -0.25) is 19.3 Å². The number of amides is 3. The van der Waals surface area contributed by atoms with Gasteiger partial charge in [0.25, 0.3) is 11.8 Å². The fourth-order valence-corrected chi connectivity index (χ4v) is 4.14. The predicted octanol–water partition coefficient (Wildman–Crippen LogP) is 4.00. The number of imide groups is 1. The highest BCUT2D eigenvalue weighted by atomic mass is 16.2. The van der Waals surface area contributed by atoms with E-state index in [0.29, 0.717) is 17.5 Å². The molecule has 2 aliphatic heterocycles. The standard InChI is InChI=1S/C24H27N3O3/c1-17-7-12-20-21(16-17)24(30)27(23(20)29)15-5-6-22(28)25-18-8-10-19(11-9-18)26-13-3-2-4-14-26/h7-12,16H,2-6,13-15H2,1H3,(H,25,28). The molecule has 6 nitrogen and oxygen atoms in total. The van der Waals surface area contributed by atoms with Crippen molar-refractivity contribution in [2.24, 2.45) is 0 Å². The summed E-state index contributed by atoms with van der Waals surface area (Å²) in [6.45, 7) is 4.31. The molecule has 2 aromatic rings. The number of hydrogen-bond acceptors (Lipinski definition) is 4. The van der Waals surface area contributed by atoms with Crippen molar-refractivity contribution in [3.63, 3.8) is 0 Å². The van der Waals surface area contributed by atoms with E-state index >= 15 is 0 Å². The van der Waals surface area contributed by atoms with E-state index in [9.17, 15) is 14.4 Å².